The number of nitrogens with zero attached hydrogens (tertiary/aromatic N) is 6. The molecule has 1 aliphatic rings. The number of ether oxygens (including phenoxy) is 1. The predicted octanol–water partition coefficient (Wildman–Crippen LogP) is 3.29. The summed E-state index contributed by atoms with van der Waals surface area (Å²) in [5.74, 6) is 1.89. The molecule has 5 heterocycles. The Morgan fingerprint density at radius 3 is 2.75 bits per heavy atom. The Labute approximate surface area is 207 Å². The Balaban J connectivity index is 1.25. The number of esters is 1. The third-order valence-corrected chi connectivity index (χ3v) is 5.53. The van der Waals surface area contributed by atoms with E-state index in [4.69, 9.17) is 4.74 Å². The van der Waals surface area contributed by atoms with E-state index < -0.39 is 5.97 Å². The fraction of sp³-hybridized carbons (Fsp3) is 0.240. The molecule has 0 spiro atoms. The number of hydrogen-bond donors (Lipinski definition) is 3. The molecule has 0 aliphatic carbocycles. The summed E-state index contributed by atoms with van der Waals surface area (Å²) in [4.78, 5) is 38.7. The fourth-order valence-corrected chi connectivity index (χ4v) is 3.72. The molecule has 0 radical (unpaired) electrons. The second kappa shape index (κ2) is 10.8. The lowest BCUT2D eigenvalue weighted by Gasteiger charge is -2.11. The quantitative estimate of drug-likeness (QED) is 0.318. The van der Waals surface area contributed by atoms with Gasteiger partial charge in [-0.25, -0.2) is 24.7 Å². The van der Waals surface area contributed by atoms with E-state index in [9.17, 15) is 4.79 Å². The Bertz CT molecular complexity index is 1360. The number of carbonyl (C=O) groups is 1. The SMILES string of the molecule is Cc1cccc(-c2nccc(Nc3ccnc(Nc4cncc(C(=O)OC[C@@H]5CCNC5)c4)n3)n2)n1. The Morgan fingerprint density at radius 1 is 1.06 bits per heavy atom. The summed E-state index contributed by atoms with van der Waals surface area (Å²) >= 11 is 0. The maximum absolute atomic E-state index is 12.4. The number of aryl methyl sites for hydroxylation is 1. The van der Waals surface area contributed by atoms with Crippen LogP contribution >= 0.6 is 0 Å². The van der Waals surface area contributed by atoms with Crippen molar-refractivity contribution in [2.75, 3.05) is 30.3 Å². The Hall–Kier alpha value is -4.51. The molecule has 36 heavy (non-hydrogen) atoms. The number of anilines is 4. The monoisotopic (exact) mass is 483 g/mol. The smallest absolute Gasteiger partial charge is 0.339 e. The zero-order valence-electron chi connectivity index (χ0n) is 19.7. The van der Waals surface area contributed by atoms with Crippen molar-refractivity contribution in [2.45, 2.75) is 13.3 Å². The van der Waals surface area contributed by atoms with Gasteiger partial charge in [0.05, 0.1) is 24.1 Å². The number of aromatic nitrogens is 6. The Morgan fingerprint density at radius 2 is 1.92 bits per heavy atom. The average Bonchev–Trinajstić information content (AvgIpc) is 3.42. The van der Waals surface area contributed by atoms with Crippen LogP contribution in [0.5, 0.6) is 0 Å². The summed E-state index contributed by atoms with van der Waals surface area (Å²) in [7, 11) is 0. The second-order valence-electron chi connectivity index (χ2n) is 8.36. The first-order chi connectivity index (χ1) is 17.6. The minimum absolute atomic E-state index is 0.332. The molecule has 5 rings (SSSR count). The lowest BCUT2D eigenvalue weighted by atomic mass is 10.1. The second-order valence-corrected chi connectivity index (χ2v) is 8.36. The third kappa shape index (κ3) is 5.94. The van der Waals surface area contributed by atoms with E-state index in [1.807, 2.05) is 25.1 Å². The highest BCUT2D eigenvalue weighted by Gasteiger charge is 2.17. The molecule has 1 saturated heterocycles. The van der Waals surface area contributed by atoms with E-state index in [1.54, 1.807) is 36.8 Å². The van der Waals surface area contributed by atoms with Crippen molar-refractivity contribution in [3.8, 4) is 11.5 Å². The van der Waals surface area contributed by atoms with Crippen LogP contribution in [0, 0.1) is 12.8 Å². The van der Waals surface area contributed by atoms with Gasteiger partial charge in [0.2, 0.25) is 5.95 Å². The van der Waals surface area contributed by atoms with E-state index in [-0.39, 0.29) is 0 Å². The van der Waals surface area contributed by atoms with Gasteiger partial charge in [0.15, 0.2) is 5.82 Å². The molecule has 0 amide bonds. The maximum Gasteiger partial charge on any atom is 0.339 e. The van der Waals surface area contributed by atoms with Gasteiger partial charge < -0.3 is 20.7 Å². The van der Waals surface area contributed by atoms with Crippen LogP contribution in [0.2, 0.25) is 0 Å². The van der Waals surface area contributed by atoms with Crippen LogP contribution in [0.4, 0.5) is 23.3 Å². The van der Waals surface area contributed by atoms with Crippen LogP contribution in [0.1, 0.15) is 22.5 Å². The molecule has 0 unspecified atom stereocenters. The topological polar surface area (TPSA) is 140 Å². The minimum Gasteiger partial charge on any atom is -0.462 e. The Kier molecular flexibility index (Phi) is 6.99. The van der Waals surface area contributed by atoms with Gasteiger partial charge in [-0.1, -0.05) is 6.07 Å². The van der Waals surface area contributed by atoms with Crippen LogP contribution in [0.15, 0.2) is 61.2 Å². The first-order valence-corrected chi connectivity index (χ1v) is 11.6. The summed E-state index contributed by atoms with van der Waals surface area (Å²) in [6.07, 6.45) is 7.35. The van der Waals surface area contributed by atoms with Gasteiger partial charge in [0.1, 0.15) is 17.3 Å². The van der Waals surface area contributed by atoms with Crippen LogP contribution < -0.4 is 16.0 Å². The maximum atomic E-state index is 12.4. The van der Waals surface area contributed by atoms with Crippen molar-refractivity contribution < 1.29 is 9.53 Å². The largest absolute Gasteiger partial charge is 0.462 e. The molecule has 0 aromatic carbocycles. The van der Waals surface area contributed by atoms with Crippen molar-refractivity contribution in [3.05, 3.63) is 72.4 Å². The zero-order valence-corrected chi connectivity index (χ0v) is 19.7. The van der Waals surface area contributed by atoms with E-state index in [0.29, 0.717) is 52.9 Å². The van der Waals surface area contributed by atoms with E-state index in [2.05, 4.69) is 45.9 Å². The van der Waals surface area contributed by atoms with Crippen LogP contribution in [-0.2, 0) is 4.74 Å². The van der Waals surface area contributed by atoms with Gasteiger partial charge in [-0.15, -0.1) is 0 Å². The minimum atomic E-state index is -0.406. The van der Waals surface area contributed by atoms with Gasteiger partial charge in [-0.05, 0) is 50.2 Å². The highest BCUT2D eigenvalue weighted by molar-refractivity contribution is 5.90. The van der Waals surface area contributed by atoms with Crippen LogP contribution in [0.25, 0.3) is 11.5 Å². The van der Waals surface area contributed by atoms with Gasteiger partial charge >= 0.3 is 5.97 Å². The highest BCUT2D eigenvalue weighted by atomic mass is 16.5. The molecule has 182 valence electrons. The van der Waals surface area contributed by atoms with Gasteiger partial charge in [-0.2, -0.15) is 4.98 Å². The molecule has 1 aliphatic heterocycles. The van der Waals surface area contributed by atoms with E-state index in [1.165, 1.54) is 6.20 Å². The summed E-state index contributed by atoms with van der Waals surface area (Å²) in [6.45, 7) is 4.14. The van der Waals surface area contributed by atoms with Crippen molar-refractivity contribution in [1.29, 1.82) is 0 Å². The molecule has 0 bridgehead atoms. The molecular weight excluding hydrogens is 458 g/mol. The molecule has 3 N–H and O–H groups in total. The summed E-state index contributed by atoms with van der Waals surface area (Å²) in [5, 5.41) is 9.51. The average molecular weight is 484 g/mol. The van der Waals surface area contributed by atoms with E-state index in [0.717, 1.165) is 25.2 Å². The van der Waals surface area contributed by atoms with Crippen LogP contribution in [0.3, 0.4) is 0 Å². The van der Waals surface area contributed by atoms with Gasteiger partial charge in [-0.3, -0.25) is 4.98 Å². The standard InChI is InChI=1S/C25H25N9O2/c1-16-3-2-4-20(30-16)23-28-9-6-21(33-23)32-22-7-10-29-25(34-22)31-19-11-18(13-27-14-19)24(35)36-15-17-5-8-26-12-17/h2-4,6-7,9-11,13-14,17,26H,5,8,12,15H2,1H3,(H2,28,29,31,32,33,34)/t17-/m1/s1. The van der Waals surface area contributed by atoms with Crippen molar-refractivity contribution >= 4 is 29.2 Å². The molecule has 1 atom stereocenters. The molecular formula is C25H25N9O2. The van der Waals surface area contributed by atoms with Crippen molar-refractivity contribution in [1.82, 2.24) is 35.2 Å². The fourth-order valence-electron chi connectivity index (χ4n) is 3.72. The van der Waals surface area contributed by atoms with E-state index >= 15 is 0 Å². The molecule has 4 aromatic rings. The molecule has 11 nitrogen and oxygen atoms in total. The molecule has 1 fully saturated rings. The van der Waals surface area contributed by atoms with Gasteiger partial charge in [0, 0.05) is 36.7 Å². The number of rotatable bonds is 8. The lowest BCUT2D eigenvalue weighted by Crippen LogP contribution is -2.17. The predicted molar refractivity (Wildman–Crippen MR) is 134 cm³/mol. The number of pyridine rings is 2. The van der Waals surface area contributed by atoms with Gasteiger partial charge in [0.25, 0.3) is 0 Å². The molecule has 0 saturated carbocycles. The van der Waals surface area contributed by atoms with Crippen LogP contribution in [-0.4, -0.2) is 55.6 Å². The third-order valence-electron chi connectivity index (χ3n) is 5.53. The lowest BCUT2D eigenvalue weighted by molar-refractivity contribution is 0.0450. The first-order valence-electron chi connectivity index (χ1n) is 11.6. The number of hydrogen-bond acceptors (Lipinski definition) is 11. The normalized spacial score (nSPS) is 14.9. The number of nitrogens with one attached hydrogen (secondary N) is 3. The highest BCUT2D eigenvalue weighted by Crippen LogP contribution is 2.19. The summed E-state index contributed by atoms with van der Waals surface area (Å²) in [6, 6.07) is 10.8. The summed E-state index contributed by atoms with van der Waals surface area (Å²) < 4.78 is 5.45. The zero-order chi connectivity index (χ0) is 24.7. The van der Waals surface area contributed by atoms with Crippen molar-refractivity contribution in [2.24, 2.45) is 5.92 Å². The number of carbonyl (C=O) groups excluding carboxylic acids is 1. The molecule has 11 heteroatoms. The molecule has 4 aromatic heterocycles. The van der Waals surface area contributed by atoms with Crippen molar-refractivity contribution in [3.63, 3.8) is 0 Å². The first kappa shape index (κ1) is 23.2. The summed E-state index contributed by atoms with van der Waals surface area (Å²) in [5.41, 5.74) is 2.51.